The van der Waals surface area contributed by atoms with Gasteiger partial charge in [0, 0.05) is 19.9 Å². The van der Waals surface area contributed by atoms with E-state index in [1.807, 2.05) is 43.3 Å². The molecule has 0 radical (unpaired) electrons. The number of hydrogen-bond acceptors (Lipinski definition) is 6. The van der Waals surface area contributed by atoms with Crippen LogP contribution in [0.4, 0.5) is 4.79 Å². The Morgan fingerprint density at radius 1 is 1.19 bits per heavy atom. The molecule has 0 spiro atoms. The van der Waals surface area contributed by atoms with Crippen LogP contribution in [0.25, 0.3) is 0 Å². The SMILES string of the molecule is CC(=O)OC[C@@H](C#N)NC(=O)CCC(C)CNC(=O)OCc1ccccc1. The molecular formula is C19H25N3O5. The number of amides is 2. The zero-order valence-corrected chi connectivity index (χ0v) is 15.6. The minimum absolute atomic E-state index is 0.0500. The highest BCUT2D eigenvalue weighted by Gasteiger charge is 2.14. The lowest BCUT2D eigenvalue weighted by Gasteiger charge is -2.14. The molecule has 0 aliphatic rings. The van der Waals surface area contributed by atoms with E-state index < -0.39 is 18.1 Å². The van der Waals surface area contributed by atoms with Crippen LogP contribution < -0.4 is 10.6 Å². The van der Waals surface area contributed by atoms with Crippen molar-refractivity contribution in [1.82, 2.24) is 10.6 Å². The Morgan fingerprint density at radius 3 is 2.52 bits per heavy atom. The normalized spacial score (nSPS) is 12.2. The molecular weight excluding hydrogens is 350 g/mol. The minimum atomic E-state index is -0.872. The number of nitrogens with one attached hydrogen (secondary N) is 2. The molecule has 0 saturated carbocycles. The maximum Gasteiger partial charge on any atom is 0.407 e. The summed E-state index contributed by atoms with van der Waals surface area (Å²) in [6.07, 6.45) is 0.206. The van der Waals surface area contributed by atoms with Crippen molar-refractivity contribution in [2.45, 2.75) is 39.3 Å². The highest BCUT2D eigenvalue weighted by atomic mass is 16.5. The van der Waals surface area contributed by atoms with Crippen molar-refractivity contribution in [3.05, 3.63) is 35.9 Å². The molecule has 1 rings (SSSR count). The zero-order chi connectivity index (χ0) is 20.1. The first-order valence-corrected chi connectivity index (χ1v) is 8.67. The third kappa shape index (κ3) is 10.5. The van der Waals surface area contributed by atoms with Gasteiger partial charge in [-0.2, -0.15) is 5.26 Å². The Kier molecular flexibility index (Phi) is 10.0. The molecule has 8 nitrogen and oxygen atoms in total. The number of ether oxygens (including phenoxy) is 2. The van der Waals surface area contributed by atoms with Gasteiger partial charge in [-0.3, -0.25) is 9.59 Å². The maximum atomic E-state index is 11.8. The van der Waals surface area contributed by atoms with E-state index in [-0.39, 0.29) is 31.5 Å². The van der Waals surface area contributed by atoms with Crippen molar-refractivity contribution < 1.29 is 23.9 Å². The van der Waals surface area contributed by atoms with Gasteiger partial charge in [-0.1, -0.05) is 37.3 Å². The van der Waals surface area contributed by atoms with Gasteiger partial charge in [0.15, 0.2) is 6.04 Å². The smallest absolute Gasteiger partial charge is 0.407 e. The van der Waals surface area contributed by atoms with Gasteiger partial charge in [0.25, 0.3) is 0 Å². The van der Waals surface area contributed by atoms with Crippen molar-refractivity contribution in [2.75, 3.05) is 13.2 Å². The molecule has 0 aliphatic carbocycles. The molecule has 2 atom stereocenters. The minimum Gasteiger partial charge on any atom is -0.463 e. The van der Waals surface area contributed by atoms with Gasteiger partial charge < -0.3 is 20.1 Å². The third-order valence-electron chi connectivity index (χ3n) is 3.62. The summed E-state index contributed by atoms with van der Waals surface area (Å²) in [7, 11) is 0. The molecule has 0 bridgehead atoms. The highest BCUT2D eigenvalue weighted by Crippen LogP contribution is 2.05. The summed E-state index contributed by atoms with van der Waals surface area (Å²) in [5, 5.41) is 14.1. The lowest BCUT2D eigenvalue weighted by atomic mass is 10.1. The second-order valence-corrected chi connectivity index (χ2v) is 6.14. The second kappa shape index (κ2) is 12.3. The molecule has 0 aliphatic heterocycles. The summed E-state index contributed by atoms with van der Waals surface area (Å²) in [5.41, 5.74) is 0.901. The van der Waals surface area contributed by atoms with Crippen LogP contribution in [0.1, 0.15) is 32.3 Å². The van der Waals surface area contributed by atoms with E-state index in [1.54, 1.807) is 0 Å². The van der Waals surface area contributed by atoms with Crippen molar-refractivity contribution in [1.29, 1.82) is 5.26 Å². The van der Waals surface area contributed by atoms with Gasteiger partial charge in [0.05, 0.1) is 6.07 Å². The average Bonchev–Trinajstić information content (AvgIpc) is 2.66. The Bertz CT molecular complexity index is 657. The van der Waals surface area contributed by atoms with Crippen molar-refractivity contribution >= 4 is 18.0 Å². The fourth-order valence-electron chi connectivity index (χ4n) is 2.09. The zero-order valence-electron chi connectivity index (χ0n) is 15.6. The Balaban J connectivity index is 2.19. The first-order valence-electron chi connectivity index (χ1n) is 8.67. The van der Waals surface area contributed by atoms with Crippen LogP contribution in [0.3, 0.4) is 0 Å². The monoisotopic (exact) mass is 375 g/mol. The van der Waals surface area contributed by atoms with Gasteiger partial charge in [-0.15, -0.1) is 0 Å². The summed E-state index contributed by atoms with van der Waals surface area (Å²) >= 11 is 0. The van der Waals surface area contributed by atoms with E-state index >= 15 is 0 Å². The predicted octanol–water partition coefficient (Wildman–Crippen LogP) is 1.90. The Hall–Kier alpha value is -3.08. The first kappa shape index (κ1) is 22.0. The number of rotatable bonds is 10. The van der Waals surface area contributed by atoms with Crippen LogP contribution in [0.2, 0.25) is 0 Å². The fraction of sp³-hybridized carbons (Fsp3) is 0.474. The van der Waals surface area contributed by atoms with Gasteiger partial charge >= 0.3 is 12.1 Å². The van der Waals surface area contributed by atoms with Gasteiger partial charge in [-0.05, 0) is 17.9 Å². The van der Waals surface area contributed by atoms with E-state index in [2.05, 4.69) is 10.6 Å². The summed E-state index contributed by atoms with van der Waals surface area (Å²) < 4.78 is 9.81. The lowest BCUT2D eigenvalue weighted by Crippen LogP contribution is -2.38. The molecule has 2 amide bonds. The van der Waals surface area contributed by atoms with Crippen LogP contribution in [0, 0.1) is 17.2 Å². The number of benzene rings is 1. The average molecular weight is 375 g/mol. The predicted molar refractivity (Wildman–Crippen MR) is 97.2 cm³/mol. The molecule has 0 aromatic heterocycles. The van der Waals surface area contributed by atoms with Crippen LogP contribution in [0.15, 0.2) is 30.3 Å². The van der Waals surface area contributed by atoms with Gasteiger partial charge in [0.1, 0.15) is 13.2 Å². The van der Waals surface area contributed by atoms with Gasteiger partial charge in [0.2, 0.25) is 5.91 Å². The molecule has 8 heteroatoms. The summed E-state index contributed by atoms with van der Waals surface area (Å²) in [5.74, 6) is -0.774. The molecule has 27 heavy (non-hydrogen) atoms. The Morgan fingerprint density at radius 2 is 1.89 bits per heavy atom. The van der Waals surface area contributed by atoms with E-state index in [0.717, 1.165) is 5.56 Å². The molecule has 0 saturated heterocycles. The Labute approximate surface area is 158 Å². The standard InChI is InChI=1S/C19H25N3O5/c1-14(8-9-18(24)22-17(10-20)13-26-15(2)23)11-21-19(25)27-12-16-6-4-3-5-7-16/h3-7,14,17H,8-9,11-13H2,1-2H3,(H,21,25)(H,22,24)/t14?,17-/m1/s1. The van der Waals surface area contributed by atoms with Crippen LogP contribution in [0.5, 0.6) is 0 Å². The summed E-state index contributed by atoms with van der Waals surface area (Å²) in [6, 6.07) is 10.3. The van der Waals surface area contributed by atoms with Crippen LogP contribution in [-0.4, -0.2) is 37.2 Å². The van der Waals surface area contributed by atoms with Gasteiger partial charge in [-0.25, -0.2) is 4.79 Å². The quantitative estimate of drug-likeness (QED) is 0.603. The number of carbonyl (C=O) groups is 3. The summed E-state index contributed by atoms with van der Waals surface area (Å²) in [4.78, 5) is 34.3. The molecule has 0 fully saturated rings. The number of esters is 1. The molecule has 1 unspecified atom stereocenters. The van der Waals surface area contributed by atoms with Crippen LogP contribution in [-0.2, 0) is 25.7 Å². The topological polar surface area (TPSA) is 118 Å². The lowest BCUT2D eigenvalue weighted by molar-refractivity contribution is -0.141. The fourth-order valence-corrected chi connectivity index (χ4v) is 2.09. The van der Waals surface area contributed by atoms with E-state index in [9.17, 15) is 14.4 Å². The van der Waals surface area contributed by atoms with Crippen molar-refractivity contribution in [2.24, 2.45) is 5.92 Å². The number of carbonyl (C=O) groups excluding carboxylic acids is 3. The molecule has 146 valence electrons. The largest absolute Gasteiger partial charge is 0.463 e. The maximum absolute atomic E-state index is 11.8. The number of hydrogen-bond donors (Lipinski definition) is 2. The highest BCUT2D eigenvalue weighted by molar-refractivity contribution is 5.76. The van der Waals surface area contributed by atoms with Crippen molar-refractivity contribution in [3.63, 3.8) is 0 Å². The summed E-state index contributed by atoms with van der Waals surface area (Å²) in [6.45, 7) is 3.51. The molecule has 1 aromatic carbocycles. The van der Waals surface area contributed by atoms with Crippen LogP contribution >= 0.6 is 0 Å². The van der Waals surface area contributed by atoms with E-state index in [4.69, 9.17) is 14.7 Å². The second-order valence-electron chi connectivity index (χ2n) is 6.14. The number of nitriles is 1. The molecule has 0 heterocycles. The van der Waals surface area contributed by atoms with Crippen molar-refractivity contribution in [3.8, 4) is 6.07 Å². The first-order chi connectivity index (χ1) is 12.9. The number of alkyl carbamates (subject to hydrolysis) is 1. The molecule has 1 aromatic rings. The third-order valence-corrected chi connectivity index (χ3v) is 3.62. The molecule has 2 N–H and O–H groups in total. The number of nitrogens with zero attached hydrogens (tertiary/aromatic N) is 1. The van der Waals surface area contributed by atoms with E-state index in [1.165, 1.54) is 6.92 Å². The van der Waals surface area contributed by atoms with E-state index in [0.29, 0.717) is 13.0 Å².